The summed E-state index contributed by atoms with van der Waals surface area (Å²) in [5, 5.41) is 14.8. The monoisotopic (exact) mass is 377 g/mol. The number of nitro groups is 1. The molecule has 2 N–H and O–H groups in total. The Balaban J connectivity index is 1.80. The number of H-pyrrole nitrogens is 1. The largest absolute Gasteiger partial charge is 0.384 e. The number of hydrogen-bond acceptors (Lipinski definition) is 5. The molecule has 0 unspecified atom stereocenters. The summed E-state index contributed by atoms with van der Waals surface area (Å²) >= 11 is 0. The van der Waals surface area contributed by atoms with Gasteiger partial charge in [0.25, 0.3) is 5.69 Å². The number of benzene rings is 2. The Morgan fingerprint density at radius 2 is 2.00 bits per heavy atom. The molecule has 0 fully saturated rings. The number of nitro benzene ring substituents is 1. The van der Waals surface area contributed by atoms with E-state index in [4.69, 9.17) is 0 Å². The number of sulfone groups is 1. The van der Waals surface area contributed by atoms with Crippen molar-refractivity contribution in [2.45, 2.75) is 11.3 Å². The minimum Gasteiger partial charge on any atom is -0.384 e. The molecular weight excluding hydrogens is 361 g/mol. The van der Waals surface area contributed by atoms with Crippen molar-refractivity contribution >= 4 is 32.1 Å². The van der Waals surface area contributed by atoms with Crippen LogP contribution in [0.1, 0.15) is 5.56 Å². The predicted molar refractivity (Wildman–Crippen MR) is 96.7 cm³/mol. The zero-order valence-corrected chi connectivity index (χ0v) is 14.6. The minimum atomic E-state index is -3.63. The number of halogens is 1. The molecule has 0 bridgehead atoms. The molecule has 0 saturated heterocycles. The highest BCUT2D eigenvalue weighted by Crippen LogP contribution is 2.27. The van der Waals surface area contributed by atoms with Crippen LogP contribution >= 0.6 is 0 Å². The van der Waals surface area contributed by atoms with Crippen LogP contribution in [0, 0.1) is 15.9 Å². The molecule has 0 radical (unpaired) electrons. The van der Waals surface area contributed by atoms with Crippen molar-refractivity contribution < 1.29 is 17.7 Å². The Kier molecular flexibility index (Phi) is 4.64. The molecule has 0 aliphatic carbocycles. The summed E-state index contributed by atoms with van der Waals surface area (Å²) in [6.07, 6.45) is 3.34. The van der Waals surface area contributed by atoms with Crippen molar-refractivity contribution in [1.29, 1.82) is 0 Å². The second-order valence-electron chi connectivity index (χ2n) is 5.89. The maximum Gasteiger partial charge on any atom is 0.270 e. The van der Waals surface area contributed by atoms with Crippen molar-refractivity contribution in [2.75, 3.05) is 18.1 Å². The molecule has 1 aromatic heterocycles. The molecular formula is C17H16FN3O4S. The molecule has 9 heteroatoms. The summed E-state index contributed by atoms with van der Waals surface area (Å²) in [5.41, 5.74) is 1.67. The zero-order chi connectivity index (χ0) is 18.9. The van der Waals surface area contributed by atoms with Crippen molar-refractivity contribution in [3.05, 3.63) is 64.1 Å². The standard InChI is InChI=1S/C17H16FN3O4S/c1-26(24,25)17-9-13(21(22)23)3-5-15(17)19-7-6-11-10-20-16-8-12(18)2-4-14(11)16/h2-5,8-10,19-20H,6-7H2,1H3. The minimum absolute atomic E-state index is 0.118. The summed E-state index contributed by atoms with van der Waals surface area (Å²) in [7, 11) is -3.63. The van der Waals surface area contributed by atoms with E-state index in [0.717, 1.165) is 23.3 Å². The molecule has 3 rings (SSSR count). The predicted octanol–water partition coefficient (Wildman–Crippen LogP) is 3.27. The van der Waals surface area contributed by atoms with Crippen LogP contribution in [0.3, 0.4) is 0 Å². The van der Waals surface area contributed by atoms with E-state index in [0.29, 0.717) is 24.2 Å². The van der Waals surface area contributed by atoms with Crippen molar-refractivity contribution in [1.82, 2.24) is 4.98 Å². The number of aromatic nitrogens is 1. The van der Waals surface area contributed by atoms with Gasteiger partial charge in [-0.15, -0.1) is 0 Å². The second kappa shape index (κ2) is 6.75. The molecule has 0 aliphatic heterocycles. The number of hydrogen-bond donors (Lipinski definition) is 2. The summed E-state index contributed by atoms with van der Waals surface area (Å²) in [6.45, 7) is 0.407. The summed E-state index contributed by atoms with van der Waals surface area (Å²) in [6, 6.07) is 8.16. The topological polar surface area (TPSA) is 105 Å². The maximum absolute atomic E-state index is 13.2. The Morgan fingerprint density at radius 3 is 2.69 bits per heavy atom. The highest BCUT2D eigenvalue weighted by Gasteiger charge is 2.18. The Labute approximate surface area is 148 Å². The van der Waals surface area contributed by atoms with Gasteiger partial charge in [0.05, 0.1) is 15.5 Å². The van der Waals surface area contributed by atoms with E-state index in [2.05, 4.69) is 10.3 Å². The number of nitrogens with one attached hydrogen (secondary N) is 2. The number of fused-ring (bicyclic) bond motifs is 1. The van der Waals surface area contributed by atoms with E-state index < -0.39 is 14.8 Å². The van der Waals surface area contributed by atoms with Gasteiger partial charge in [-0.05, 0) is 36.2 Å². The number of rotatable bonds is 6. The van der Waals surface area contributed by atoms with Gasteiger partial charge in [-0.3, -0.25) is 10.1 Å². The maximum atomic E-state index is 13.2. The smallest absolute Gasteiger partial charge is 0.270 e. The third-order valence-electron chi connectivity index (χ3n) is 4.01. The fraction of sp³-hybridized carbons (Fsp3) is 0.176. The summed E-state index contributed by atoms with van der Waals surface area (Å²) in [4.78, 5) is 13.1. The number of nitrogens with zero attached hydrogens (tertiary/aromatic N) is 1. The van der Waals surface area contributed by atoms with Crippen molar-refractivity contribution in [2.24, 2.45) is 0 Å². The normalized spacial score (nSPS) is 11.6. The van der Waals surface area contributed by atoms with Gasteiger partial charge in [-0.2, -0.15) is 0 Å². The van der Waals surface area contributed by atoms with E-state index in [9.17, 15) is 22.9 Å². The first-order valence-corrected chi connectivity index (χ1v) is 9.63. The molecule has 0 spiro atoms. The molecule has 1 heterocycles. The van der Waals surface area contributed by atoms with Crippen LogP contribution in [0.25, 0.3) is 10.9 Å². The van der Waals surface area contributed by atoms with Gasteiger partial charge < -0.3 is 10.3 Å². The molecule has 2 aromatic carbocycles. The first-order chi connectivity index (χ1) is 12.3. The van der Waals surface area contributed by atoms with Gasteiger partial charge in [0.1, 0.15) is 5.82 Å². The SMILES string of the molecule is CS(=O)(=O)c1cc([N+](=O)[O-])ccc1NCCc1c[nH]c2cc(F)ccc12. The molecule has 7 nitrogen and oxygen atoms in total. The highest BCUT2D eigenvalue weighted by molar-refractivity contribution is 7.90. The first-order valence-electron chi connectivity index (χ1n) is 7.73. The quantitative estimate of drug-likeness (QED) is 0.507. The highest BCUT2D eigenvalue weighted by atomic mass is 32.2. The van der Waals surface area contributed by atoms with Crippen molar-refractivity contribution in [3.8, 4) is 0 Å². The second-order valence-corrected chi connectivity index (χ2v) is 7.87. The van der Waals surface area contributed by atoms with Crippen molar-refractivity contribution in [3.63, 3.8) is 0 Å². The molecule has 0 saturated carbocycles. The molecule has 0 atom stereocenters. The lowest BCUT2D eigenvalue weighted by Gasteiger charge is -2.10. The first kappa shape index (κ1) is 17.9. The lowest BCUT2D eigenvalue weighted by Crippen LogP contribution is -2.09. The molecule has 0 aliphatic rings. The van der Waals surface area contributed by atoms with Crippen LogP contribution in [-0.4, -0.2) is 31.1 Å². The van der Waals surface area contributed by atoms with E-state index in [1.54, 1.807) is 12.3 Å². The average Bonchev–Trinajstić information content (AvgIpc) is 2.96. The van der Waals surface area contributed by atoms with Crippen LogP contribution in [0.2, 0.25) is 0 Å². The molecule has 0 amide bonds. The Bertz CT molecular complexity index is 1090. The van der Waals surface area contributed by atoms with Gasteiger partial charge in [0, 0.05) is 42.0 Å². The molecule has 3 aromatic rings. The van der Waals surface area contributed by atoms with Gasteiger partial charge in [-0.25, -0.2) is 12.8 Å². The Morgan fingerprint density at radius 1 is 1.23 bits per heavy atom. The lowest BCUT2D eigenvalue weighted by atomic mass is 10.1. The summed E-state index contributed by atoms with van der Waals surface area (Å²) in [5.74, 6) is -0.326. The lowest BCUT2D eigenvalue weighted by molar-refractivity contribution is -0.385. The van der Waals surface area contributed by atoms with Gasteiger partial charge in [0.2, 0.25) is 0 Å². The summed E-state index contributed by atoms with van der Waals surface area (Å²) < 4.78 is 37.1. The van der Waals surface area contributed by atoms with E-state index in [1.807, 2.05) is 0 Å². The van der Waals surface area contributed by atoms with Crippen LogP contribution in [0.4, 0.5) is 15.8 Å². The number of non-ortho nitro benzene ring substituents is 1. The van der Waals surface area contributed by atoms with Crippen LogP contribution in [0.5, 0.6) is 0 Å². The number of aromatic amines is 1. The van der Waals surface area contributed by atoms with Crippen LogP contribution in [-0.2, 0) is 16.3 Å². The fourth-order valence-corrected chi connectivity index (χ4v) is 3.65. The van der Waals surface area contributed by atoms with Crippen LogP contribution in [0.15, 0.2) is 47.5 Å². The van der Waals surface area contributed by atoms with Gasteiger partial charge in [0.15, 0.2) is 9.84 Å². The van der Waals surface area contributed by atoms with Crippen LogP contribution < -0.4 is 5.32 Å². The average molecular weight is 377 g/mol. The van der Waals surface area contributed by atoms with E-state index in [-0.39, 0.29) is 16.4 Å². The Hall–Kier alpha value is -2.94. The third-order valence-corrected chi connectivity index (χ3v) is 5.15. The molecule has 26 heavy (non-hydrogen) atoms. The zero-order valence-electron chi connectivity index (χ0n) is 13.8. The van der Waals surface area contributed by atoms with Gasteiger partial charge in [-0.1, -0.05) is 0 Å². The number of anilines is 1. The molecule has 136 valence electrons. The van der Waals surface area contributed by atoms with Gasteiger partial charge >= 0.3 is 0 Å². The fourth-order valence-electron chi connectivity index (χ4n) is 2.77. The third kappa shape index (κ3) is 3.67. The van der Waals surface area contributed by atoms with E-state index in [1.165, 1.54) is 24.3 Å². The van der Waals surface area contributed by atoms with E-state index >= 15 is 0 Å².